The zero-order valence-corrected chi connectivity index (χ0v) is 18.0. The van der Waals surface area contributed by atoms with E-state index >= 15 is 0 Å². The van der Waals surface area contributed by atoms with Crippen LogP contribution >= 0.6 is 0 Å². The lowest BCUT2D eigenvalue weighted by atomic mass is 9.82. The van der Waals surface area contributed by atoms with Crippen LogP contribution in [0.25, 0.3) is 0 Å². The van der Waals surface area contributed by atoms with Crippen LogP contribution in [0.3, 0.4) is 0 Å². The van der Waals surface area contributed by atoms with Crippen molar-refractivity contribution in [2.45, 2.75) is 53.5 Å². The van der Waals surface area contributed by atoms with Crippen molar-refractivity contribution in [2.24, 2.45) is 5.92 Å². The van der Waals surface area contributed by atoms with Crippen LogP contribution in [0.1, 0.15) is 64.6 Å². The maximum Gasteiger partial charge on any atom is 0.252 e. The van der Waals surface area contributed by atoms with Gasteiger partial charge in [-0.05, 0) is 64.3 Å². The van der Waals surface area contributed by atoms with Crippen molar-refractivity contribution in [3.63, 3.8) is 0 Å². The lowest BCUT2D eigenvalue weighted by Gasteiger charge is -2.32. The summed E-state index contributed by atoms with van der Waals surface area (Å²) in [6, 6.07) is 11.2. The van der Waals surface area contributed by atoms with Crippen molar-refractivity contribution in [1.29, 1.82) is 0 Å². The predicted octanol–water partition coefficient (Wildman–Crippen LogP) is 5.04. The van der Waals surface area contributed by atoms with Gasteiger partial charge in [-0.25, -0.2) is 0 Å². The third-order valence-electron chi connectivity index (χ3n) is 4.94. The second kappa shape index (κ2) is 8.59. The van der Waals surface area contributed by atoms with Crippen molar-refractivity contribution in [1.82, 2.24) is 5.32 Å². The van der Waals surface area contributed by atoms with Gasteiger partial charge in [0.15, 0.2) is 5.78 Å². The van der Waals surface area contributed by atoms with Gasteiger partial charge in [-0.2, -0.15) is 0 Å². The van der Waals surface area contributed by atoms with Crippen LogP contribution < -0.4 is 10.1 Å². The van der Waals surface area contributed by atoms with E-state index in [2.05, 4.69) is 19.2 Å². The van der Waals surface area contributed by atoms with Gasteiger partial charge in [-0.3, -0.25) is 9.59 Å². The highest BCUT2D eigenvalue weighted by Crippen LogP contribution is 2.26. The molecule has 0 bridgehead atoms. The van der Waals surface area contributed by atoms with E-state index in [1.165, 1.54) is 0 Å². The lowest BCUT2D eigenvalue weighted by Crippen LogP contribution is -2.53. The molecule has 4 heteroatoms. The van der Waals surface area contributed by atoms with Crippen molar-refractivity contribution < 1.29 is 14.3 Å². The fourth-order valence-electron chi connectivity index (χ4n) is 3.84. The average Bonchev–Trinajstić information content (AvgIpc) is 2.59. The molecule has 0 aliphatic heterocycles. The normalized spacial score (nSPS) is 13.1. The fraction of sp³-hybridized carbons (Fsp3) is 0.417. The summed E-state index contributed by atoms with van der Waals surface area (Å²) in [7, 11) is 1.58. The third kappa shape index (κ3) is 4.80. The first-order chi connectivity index (χ1) is 13.1. The summed E-state index contributed by atoms with van der Waals surface area (Å²) in [5.41, 5.74) is 2.97. The molecule has 1 unspecified atom stereocenters. The summed E-state index contributed by atoms with van der Waals surface area (Å²) in [5, 5.41) is 3.03. The van der Waals surface area contributed by atoms with Gasteiger partial charge >= 0.3 is 0 Å². The Kier molecular flexibility index (Phi) is 6.65. The number of aryl methyl sites for hydroxylation is 2. The lowest BCUT2D eigenvalue weighted by molar-refractivity contribution is 0.0758. The number of hydrogen-bond acceptors (Lipinski definition) is 3. The molecule has 1 atom stereocenters. The Morgan fingerprint density at radius 2 is 1.68 bits per heavy atom. The summed E-state index contributed by atoms with van der Waals surface area (Å²) >= 11 is 0. The quantitative estimate of drug-likeness (QED) is 0.684. The molecule has 0 saturated carbocycles. The Bertz CT molecular complexity index is 865. The van der Waals surface area contributed by atoms with Crippen molar-refractivity contribution in [3.8, 4) is 5.75 Å². The number of carbonyl (C=O) groups is 2. The van der Waals surface area contributed by atoms with E-state index in [0.717, 1.165) is 16.7 Å². The van der Waals surface area contributed by atoms with Gasteiger partial charge in [-0.1, -0.05) is 37.1 Å². The van der Waals surface area contributed by atoms with Crippen LogP contribution in [0.4, 0.5) is 0 Å². The zero-order valence-electron chi connectivity index (χ0n) is 18.0. The second-order valence-electron chi connectivity index (χ2n) is 8.22. The largest absolute Gasteiger partial charge is 0.496 e. The number of ketones is 1. The molecule has 0 aliphatic rings. The molecule has 0 aromatic heterocycles. The predicted molar refractivity (Wildman–Crippen MR) is 113 cm³/mol. The summed E-state index contributed by atoms with van der Waals surface area (Å²) in [6.07, 6.45) is 0.549. The molecule has 0 radical (unpaired) electrons. The molecule has 0 fully saturated rings. The van der Waals surface area contributed by atoms with Gasteiger partial charge in [0.05, 0.1) is 7.11 Å². The van der Waals surface area contributed by atoms with E-state index in [4.69, 9.17) is 4.74 Å². The van der Waals surface area contributed by atoms with E-state index in [9.17, 15) is 9.59 Å². The molecule has 2 rings (SSSR count). The number of hydrogen-bond donors (Lipinski definition) is 1. The Labute approximate surface area is 168 Å². The van der Waals surface area contributed by atoms with Gasteiger partial charge in [0.1, 0.15) is 11.3 Å². The first-order valence-corrected chi connectivity index (χ1v) is 9.66. The molecular formula is C24H31NO3. The van der Waals surface area contributed by atoms with Crippen LogP contribution in [0.15, 0.2) is 36.4 Å². The summed E-state index contributed by atoms with van der Waals surface area (Å²) in [4.78, 5) is 26.5. The molecule has 2 aromatic carbocycles. The first kappa shape index (κ1) is 21.7. The third-order valence-corrected chi connectivity index (χ3v) is 4.94. The molecule has 2 aromatic rings. The number of nitrogens with one attached hydrogen (secondary N) is 1. The molecular weight excluding hydrogens is 350 g/mol. The number of methoxy groups -OCH3 is 1. The topological polar surface area (TPSA) is 55.4 Å². The minimum absolute atomic E-state index is 0.0677. The standard InChI is InChI=1S/C24H31NO3/c1-15(2)14-24(6,22(26)19-12-16(3)11-17(4)13-19)25-23(27)20-9-8-10-21(28-7)18(20)5/h8-13,15H,14H2,1-7H3,(H,25,27). The zero-order chi connectivity index (χ0) is 21.1. The maximum absolute atomic E-state index is 13.4. The van der Waals surface area contributed by atoms with Gasteiger partial charge in [0.2, 0.25) is 0 Å². The van der Waals surface area contributed by atoms with E-state index < -0.39 is 5.54 Å². The van der Waals surface area contributed by atoms with Crippen LogP contribution in [0.2, 0.25) is 0 Å². The SMILES string of the molecule is COc1cccc(C(=O)NC(C)(CC(C)C)C(=O)c2cc(C)cc(C)c2)c1C. The van der Waals surface area contributed by atoms with E-state index in [1.807, 2.05) is 52.0 Å². The first-order valence-electron chi connectivity index (χ1n) is 9.66. The van der Waals surface area contributed by atoms with Crippen LogP contribution in [0, 0.1) is 26.7 Å². The number of Topliss-reactive ketones (excluding diaryl/α,β-unsaturated/α-hetero) is 1. The monoisotopic (exact) mass is 381 g/mol. The molecule has 0 aliphatic carbocycles. The molecule has 28 heavy (non-hydrogen) atoms. The van der Waals surface area contributed by atoms with Gasteiger partial charge in [0.25, 0.3) is 5.91 Å². The maximum atomic E-state index is 13.4. The molecule has 4 nitrogen and oxygen atoms in total. The smallest absolute Gasteiger partial charge is 0.252 e. The van der Waals surface area contributed by atoms with E-state index in [0.29, 0.717) is 23.3 Å². The Balaban J connectivity index is 2.42. The van der Waals surface area contributed by atoms with Gasteiger partial charge in [0, 0.05) is 16.7 Å². The van der Waals surface area contributed by atoms with Gasteiger partial charge in [-0.15, -0.1) is 0 Å². The van der Waals surface area contributed by atoms with Gasteiger partial charge < -0.3 is 10.1 Å². The molecule has 0 spiro atoms. The number of amides is 1. The van der Waals surface area contributed by atoms with Crippen molar-refractivity contribution >= 4 is 11.7 Å². The van der Waals surface area contributed by atoms with Crippen molar-refractivity contribution in [2.75, 3.05) is 7.11 Å². The fourth-order valence-corrected chi connectivity index (χ4v) is 3.84. The minimum atomic E-state index is -0.999. The number of carbonyl (C=O) groups excluding carboxylic acids is 2. The highest BCUT2D eigenvalue weighted by molar-refractivity contribution is 6.07. The van der Waals surface area contributed by atoms with E-state index in [-0.39, 0.29) is 17.6 Å². The molecule has 0 saturated heterocycles. The number of ether oxygens (including phenoxy) is 1. The average molecular weight is 382 g/mol. The van der Waals surface area contributed by atoms with Crippen molar-refractivity contribution in [3.05, 3.63) is 64.2 Å². The molecule has 1 N–H and O–H groups in total. The number of rotatable bonds is 7. The summed E-state index contributed by atoms with van der Waals surface area (Å²) in [6.45, 7) is 11.7. The highest BCUT2D eigenvalue weighted by Gasteiger charge is 2.36. The van der Waals surface area contributed by atoms with Crippen LogP contribution in [0.5, 0.6) is 5.75 Å². The van der Waals surface area contributed by atoms with Crippen LogP contribution in [-0.2, 0) is 0 Å². The minimum Gasteiger partial charge on any atom is -0.496 e. The Hall–Kier alpha value is -2.62. The molecule has 150 valence electrons. The second-order valence-corrected chi connectivity index (χ2v) is 8.22. The number of benzene rings is 2. The van der Waals surface area contributed by atoms with Crippen LogP contribution in [-0.4, -0.2) is 24.3 Å². The Morgan fingerprint density at radius 1 is 1.07 bits per heavy atom. The summed E-state index contributed by atoms with van der Waals surface area (Å²) in [5.74, 6) is 0.560. The summed E-state index contributed by atoms with van der Waals surface area (Å²) < 4.78 is 5.33. The molecule has 1 amide bonds. The molecule has 0 heterocycles. The Morgan fingerprint density at radius 3 is 2.21 bits per heavy atom. The highest BCUT2D eigenvalue weighted by atomic mass is 16.5. The van der Waals surface area contributed by atoms with E-state index in [1.54, 1.807) is 19.2 Å².